The Hall–Kier alpha value is -1.10. The SMILES string of the molecule is COc1ccc(C(=O)C2CC3CCC(C2)S3)nn1. The van der Waals surface area contributed by atoms with Crippen LogP contribution >= 0.6 is 11.8 Å². The summed E-state index contributed by atoms with van der Waals surface area (Å²) in [5, 5.41) is 9.20. The van der Waals surface area contributed by atoms with E-state index < -0.39 is 0 Å². The molecule has 0 N–H and O–H groups in total. The average Bonchev–Trinajstić information content (AvgIpc) is 2.77. The molecule has 2 fully saturated rings. The van der Waals surface area contributed by atoms with Gasteiger partial charge in [0.1, 0.15) is 5.69 Å². The number of fused-ring (bicyclic) bond motifs is 2. The Bertz CT molecular complexity index is 437. The highest BCUT2D eigenvalue weighted by molar-refractivity contribution is 8.00. The normalized spacial score (nSPS) is 30.2. The van der Waals surface area contributed by atoms with Crippen molar-refractivity contribution in [1.82, 2.24) is 10.2 Å². The Morgan fingerprint density at radius 2 is 2.00 bits per heavy atom. The van der Waals surface area contributed by atoms with Crippen LogP contribution in [0.1, 0.15) is 36.2 Å². The molecule has 0 radical (unpaired) electrons. The molecule has 1 aromatic heterocycles. The number of rotatable bonds is 3. The van der Waals surface area contributed by atoms with E-state index in [-0.39, 0.29) is 11.7 Å². The monoisotopic (exact) mass is 264 g/mol. The van der Waals surface area contributed by atoms with Crippen molar-refractivity contribution in [3.05, 3.63) is 17.8 Å². The third kappa shape index (κ3) is 2.23. The summed E-state index contributed by atoms with van der Waals surface area (Å²) < 4.78 is 4.95. The fourth-order valence-electron chi connectivity index (χ4n) is 2.84. The molecule has 4 nitrogen and oxygen atoms in total. The van der Waals surface area contributed by atoms with Crippen molar-refractivity contribution in [3.8, 4) is 5.88 Å². The zero-order valence-electron chi connectivity index (χ0n) is 10.3. The maximum absolute atomic E-state index is 12.4. The molecule has 0 saturated carbocycles. The number of ketones is 1. The molecule has 2 unspecified atom stereocenters. The van der Waals surface area contributed by atoms with Crippen molar-refractivity contribution in [2.45, 2.75) is 36.2 Å². The second kappa shape index (κ2) is 4.88. The number of carbonyl (C=O) groups excluding carboxylic acids is 1. The summed E-state index contributed by atoms with van der Waals surface area (Å²) in [7, 11) is 1.54. The molecule has 2 bridgehead atoms. The number of carbonyl (C=O) groups is 1. The Balaban J connectivity index is 1.73. The zero-order chi connectivity index (χ0) is 12.5. The lowest BCUT2D eigenvalue weighted by Gasteiger charge is -2.25. The van der Waals surface area contributed by atoms with Crippen LogP contribution in [0.25, 0.3) is 0 Å². The molecular weight excluding hydrogens is 248 g/mol. The second-order valence-corrected chi connectivity index (χ2v) is 6.56. The van der Waals surface area contributed by atoms with Gasteiger partial charge in [-0.15, -0.1) is 10.2 Å². The summed E-state index contributed by atoms with van der Waals surface area (Å²) in [6.07, 6.45) is 4.56. The molecule has 1 aromatic rings. The minimum absolute atomic E-state index is 0.145. The van der Waals surface area contributed by atoms with Crippen molar-refractivity contribution in [2.24, 2.45) is 5.92 Å². The molecular formula is C13H16N2O2S. The maximum Gasteiger partial charge on any atom is 0.233 e. The predicted molar refractivity (Wildman–Crippen MR) is 70.0 cm³/mol. The Labute approximate surface area is 111 Å². The van der Waals surface area contributed by atoms with Crippen molar-refractivity contribution < 1.29 is 9.53 Å². The zero-order valence-corrected chi connectivity index (χ0v) is 11.2. The molecule has 0 aromatic carbocycles. The van der Waals surface area contributed by atoms with Gasteiger partial charge in [0.05, 0.1) is 7.11 Å². The molecule has 3 heterocycles. The first-order chi connectivity index (χ1) is 8.76. The van der Waals surface area contributed by atoms with Gasteiger partial charge in [-0.1, -0.05) is 0 Å². The number of hydrogen-bond acceptors (Lipinski definition) is 5. The molecule has 0 aliphatic carbocycles. The Morgan fingerprint density at radius 1 is 1.28 bits per heavy atom. The molecule has 5 heteroatoms. The minimum atomic E-state index is 0.145. The van der Waals surface area contributed by atoms with Gasteiger partial charge < -0.3 is 4.74 Å². The lowest BCUT2D eigenvalue weighted by molar-refractivity contribution is 0.0900. The van der Waals surface area contributed by atoms with Gasteiger partial charge >= 0.3 is 0 Å². The third-order valence-electron chi connectivity index (χ3n) is 3.76. The van der Waals surface area contributed by atoms with Crippen LogP contribution in [-0.2, 0) is 0 Å². The highest BCUT2D eigenvalue weighted by Crippen LogP contribution is 2.46. The van der Waals surface area contributed by atoms with E-state index in [2.05, 4.69) is 22.0 Å². The first-order valence-electron chi connectivity index (χ1n) is 6.33. The summed E-state index contributed by atoms with van der Waals surface area (Å²) in [4.78, 5) is 12.4. The number of nitrogens with zero attached hydrogens (tertiary/aromatic N) is 2. The highest BCUT2D eigenvalue weighted by atomic mass is 32.2. The Morgan fingerprint density at radius 3 is 2.56 bits per heavy atom. The van der Waals surface area contributed by atoms with Gasteiger partial charge in [-0.05, 0) is 31.7 Å². The molecule has 0 amide bonds. The lowest BCUT2D eigenvalue weighted by Crippen LogP contribution is -2.25. The van der Waals surface area contributed by atoms with E-state index in [9.17, 15) is 4.79 Å². The smallest absolute Gasteiger partial charge is 0.233 e. The Kier molecular flexibility index (Phi) is 3.24. The molecule has 3 rings (SSSR count). The molecule has 2 aliphatic rings. The van der Waals surface area contributed by atoms with Gasteiger partial charge in [0.15, 0.2) is 5.78 Å². The van der Waals surface area contributed by atoms with E-state index in [1.165, 1.54) is 12.8 Å². The van der Waals surface area contributed by atoms with Crippen LogP contribution in [0.15, 0.2) is 12.1 Å². The summed E-state index contributed by atoms with van der Waals surface area (Å²) >= 11 is 2.07. The van der Waals surface area contributed by atoms with E-state index in [4.69, 9.17) is 4.74 Å². The van der Waals surface area contributed by atoms with Crippen molar-refractivity contribution in [2.75, 3.05) is 7.11 Å². The standard InChI is InChI=1S/C13H16N2O2S/c1-17-12-5-4-11(14-15-12)13(16)8-6-9-2-3-10(7-8)18-9/h4-5,8-10H,2-3,6-7H2,1H3. The molecule has 2 atom stereocenters. The number of aromatic nitrogens is 2. The van der Waals surface area contributed by atoms with Crippen LogP contribution in [0.5, 0.6) is 5.88 Å². The first-order valence-corrected chi connectivity index (χ1v) is 7.28. The van der Waals surface area contributed by atoms with Gasteiger partial charge in [0, 0.05) is 22.5 Å². The van der Waals surface area contributed by atoms with E-state index >= 15 is 0 Å². The van der Waals surface area contributed by atoms with Gasteiger partial charge in [-0.25, -0.2) is 0 Å². The largest absolute Gasteiger partial charge is 0.480 e. The minimum Gasteiger partial charge on any atom is -0.480 e. The summed E-state index contributed by atoms with van der Waals surface area (Å²) in [5.41, 5.74) is 0.479. The molecule has 18 heavy (non-hydrogen) atoms. The summed E-state index contributed by atoms with van der Waals surface area (Å²) in [6.45, 7) is 0. The van der Waals surface area contributed by atoms with E-state index in [0.29, 0.717) is 22.1 Å². The van der Waals surface area contributed by atoms with Crippen molar-refractivity contribution >= 4 is 17.5 Å². The average molecular weight is 264 g/mol. The van der Waals surface area contributed by atoms with E-state index in [0.717, 1.165) is 12.8 Å². The number of thioether (sulfide) groups is 1. The van der Waals surface area contributed by atoms with Crippen LogP contribution in [0.3, 0.4) is 0 Å². The third-order valence-corrected chi connectivity index (χ3v) is 5.39. The number of hydrogen-bond donors (Lipinski definition) is 0. The van der Waals surface area contributed by atoms with Crippen LogP contribution in [0.4, 0.5) is 0 Å². The van der Waals surface area contributed by atoms with Crippen LogP contribution in [-0.4, -0.2) is 33.6 Å². The number of methoxy groups -OCH3 is 1. The molecule has 96 valence electrons. The van der Waals surface area contributed by atoms with Crippen LogP contribution < -0.4 is 4.74 Å². The van der Waals surface area contributed by atoms with Gasteiger partial charge in [0.2, 0.25) is 5.88 Å². The van der Waals surface area contributed by atoms with Gasteiger partial charge in [-0.2, -0.15) is 11.8 Å². The van der Waals surface area contributed by atoms with Gasteiger partial charge in [-0.3, -0.25) is 4.79 Å². The molecule has 2 aliphatic heterocycles. The van der Waals surface area contributed by atoms with E-state index in [1.807, 2.05) is 0 Å². The molecule has 0 spiro atoms. The number of Topliss-reactive ketones (excluding diaryl/α,β-unsaturated/α-hetero) is 1. The lowest BCUT2D eigenvalue weighted by atomic mass is 9.93. The van der Waals surface area contributed by atoms with Gasteiger partial charge in [0.25, 0.3) is 0 Å². The fraction of sp³-hybridized carbons (Fsp3) is 0.615. The number of ether oxygens (including phenoxy) is 1. The van der Waals surface area contributed by atoms with Crippen molar-refractivity contribution in [1.29, 1.82) is 0 Å². The predicted octanol–water partition coefficient (Wildman–Crippen LogP) is 2.34. The quantitative estimate of drug-likeness (QED) is 0.784. The second-order valence-electron chi connectivity index (χ2n) is 4.95. The van der Waals surface area contributed by atoms with Crippen LogP contribution in [0.2, 0.25) is 0 Å². The van der Waals surface area contributed by atoms with Crippen LogP contribution in [0, 0.1) is 5.92 Å². The van der Waals surface area contributed by atoms with Crippen molar-refractivity contribution in [3.63, 3.8) is 0 Å². The molecule has 2 saturated heterocycles. The van der Waals surface area contributed by atoms with E-state index in [1.54, 1.807) is 19.2 Å². The summed E-state index contributed by atoms with van der Waals surface area (Å²) in [6, 6.07) is 3.42. The fourth-order valence-corrected chi connectivity index (χ4v) is 4.62. The highest BCUT2D eigenvalue weighted by Gasteiger charge is 2.38. The topological polar surface area (TPSA) is 52.1 Å². The first kappa shape index (κ1) is 12.0. The summed E-state index contributed by atoms with van der Waals surface area (Å²) in [5.74, 6) is 0.750. The maximum atomic E-state index is 12.4.